The van der Waals surface area contributed by atoms with Crippen molar-refractivity contribution in [3.63, 3.8) is 0 Å². The molecule has 0 bridgehead atoms. The van der Waals surface area contributed by atoms with Gasteiger partial charge >= 0.3 is 0 Å². The van der Waals surface area contributed by atoms with Gasteiger partial charge in [-0.05, 0) is 6.92 Å². The first-order valence-corrected chi connectivity index (χ1v) is 5.44. The van der Waals surface area contributed by atoms with Crippen LogP contribution in [0.1, 0.15) is 28.4 Å². The molecule has 6 heteroatoms. The van der Waals surface area contributed by atoms with Gasteiger partial charge in [-0.15, -0.1) is 0 Å². The second kappa shape index (κ2) is 3.53. The molecular weight excluding hydrogens is 220 g/mol. The highest BCUT2D eigenvalue weighted by Crippen LogP contribution is 2.23. The molecule has 6 nitrogen and oxygen atoms in total. The summed E-state index contributed by atoms with van der Waals surface area (Å²) in [5, 5.41) is 0. The molecule has 0 saturated heterocycles. The third-order valence-electron chi connectivity index (χ3n) is 2.78. The van der Waals surface area contributed by atoms with E-state index in [4.69, 9.17) is 10.2 Å². The van der Waals surface area contributed by atoms with Crippen molar-refractivity contribution in [2.75, 3.05) is 0 Å². The summed E-state index contributed by atoms with van der Waals surface area (Å²) < 4.78 is 5.36. The van der Waals surface area contributed by atoms with Gasteiger partial charge in [0.1, 0.15) is 11.5 Å². The summed E-state index contributed by atoms with van der Waals surface area (Å²) in [5.74, 6) is 1.57. The molecule has 1 aliphatic rings. The predicted octanol–water partition coefficient (Wildman–Crippen LogP) is 0.829. The Labute approximate surface area is 97.3 Å². The summed E-state index contributed by atoms with van der Waals surface area (Å²) >= 11 is 0. The predicted molar refractivity (Wildman–Crippen MR) is 59.4 cm³/mol. The van der Waals surface area contributed by atoms with E-state index >= 15 is 0 Å². The van der Waals surface area contributed by atoms with Gasteiger partial charge in [0, 0.05) is 24.6 Å². The van der Waals surface area contributed by atoms with Crippen LogP contribution in [0.25, 0.3) is 11.7 Å². The normalized spacial score (nSPS) is 19.4. The second-order valence-electron chi connectivity index (χ2n) is 4.28. The average Bonchev–Trinajstić information content (AvgIpc) is 2.83. The molecule has 0 radical (unpaired) electrons. The van der Waals surface area contributed by atoms with Crippen molar-refractivity contribution in [1.29, 1.82) is 0 Å². The highest BCUT2D eigenvalue weighted by molar-refractivity contribution is 5.97. The van der Waals surface area contributed by atoms with Gasteiger partial charge in [-0.1, -0.05) is 0 Å². The molecule has 0 fully saturated rings. The van der Waals surface area contributed by atoms with Crippen LogP contribution in [-0.2, 0) is 6.42 Å². The smallest absolute Gasteiger partial charge is 0.263 e. The van der Waals surface area contributed by atoms with Crippen LogP contribution in [0.5, 0.6) is 0 Å². The molecule has 1 aliphatic carbocycles. The molecule has 17 heavy (non-hydrogen) atoms. The number of aryl methyl sites for hydroxylation is 1. The van der Waals surface area contributed by atoms with Gasteiger partial charge < -0.3 is 15.1 Å². The number of carbonyl (C=O) groups is 1. The number of hydrogen-bond donors (Lipinski definition) is 2. The number of aromatic nitrogens is 3. The van der Waals surface area contributed by atoms with E-state index in [1.54, 1.807) is 13.1 Å². The monoisotopic (exact) mass is 232 g/mol. The molecule has 0 amide bonds. The molecule has 1 atom stereocenters. The first kappa shape index (κ1) is 10.2. The number of Topliss-reactive ketones (excluding diaryl/α,β-unsaturated/α-hetero) is 1. The summed E-state index contributed by atoms with van der Waals surface area (Å²) in [6, 6.07) is -0.130. The molecule has 2 aromatic heterocycles. The molecule has 2 heterocycles. The summed E-state index contributed by atoms with van der Waals surface area (Å²) in [6.07, 6.45) is 2.60. The van der Waals surface area contributed by atoms with Crippen molar-refractivity contribution < 1.29 is 9.21 Å². The van der Waals surface area contributed by atoms with Crippen LogP contribution >= 0.6 is 0 Å². The third-order valence-corrected chi connectivity index (χ3v) is 2.78. The van der Waals surface area contributed by atoms with Crippen LogP contribution in [0.15, 0.2) is 10.6 Å². The summed E-state index contributed by atoms with van der Waals surface area (Å²) in [6.45, 7) is 1.81. The minimum Gasteiger partial charge on any atom is -0.439 e. The lowest BCUT2D eigenvalue weighted by Crippen LogP contribution is -2.31. The lowest BCUT2D eigenvalue weighted by atomic mass is 9.96. The zero-order valence-electron chi connectivity index (χ0n) is 9.36. The number of fused-ring (bicyclic) bond motifs is 1. The first-order chi connectivity index (χ1) is 8.13. The van der Waals surface area contributed by atoms with E-state index in [1.807, 2.05) is 0 Å². The zero-order valence-corrected chi connectivity index (χ0v) is 9.36. The number of ketones is 1. The Morgan fingerprint density at radius 2 is 2.35 bits per heavy atom. The molecular formula is C11H12N4O2. The maximum absolute atomic E-state index is 11.7. The van der Waals surface area contributed by atoms with Crippen molar-refractivity contribution in [2.45, 2.75) is 25.8 Å². The lowest BCUT2D eigenvalue weighted by Gasteiger charge is -2.14. The van der Waals surface area contributed by atoms with Gasteiger partial charge in [-0.25, -0.2) is 9.97 Å². The Morgan fingerprint density at radius 1 is 1.53 bits per heavy atom. The summed E-state index contributed by atoms with van der Waals surface area (Å²) in [7, 11) is 0. The van der Waals surface area contributed by atoms with Crippen LogP contribution < -0.4 is 5.73 Å². The minimum atomic E-state index is -0.130. The van der Waals surface area contributed by atoms with E-state index in [-0.39, 0.29) is 11.8 Å². The van der Waals surface area contributed by atoms with Crippen LogP contribution in [-0.4, -0.2) is 26.8 Å². The van der Waals surface area contributed by atoms with Crippen molar-refractivity contribution in [3.8, 4) is 11.7 Å². The topological polar surface area (TPSA) is 97.8 Å². The zero-order chi connectivity index (χ0) is 12.0. The quantitative estimate of drug-likeness (QED) is 0.758. The molecule has 0 aromatic carbocycles. The Hall–Kier alpha value is -1.95. The number of carbonyl (C=O) groups excluding carboxylic acids is 1. The number of aromatic amines is 1. The summed E-state index contributed by atoms with van der Waals surface area (Å²) in [4.78, 5) is 23.1. The molecule has 3 N–H and O–H groups in total. The molecule has 0 spiro atoms. The van der Waals surface area contributed by atoms with Gasteiger partial charge in [0.25, 0.3) is 5.89 Å². The van der Waals surface area contributed by atoms with E-state index in [0.29, 0.717) is 36.0 Å². The van der Waals surface area contributed by atoms with E-state index in [0.717, 1.165) is 5.69 Å². The van der Waals surface area contributed by atoms with Crippen LogP contribution in [0.2, 0.25) is 0 Å². The maximum atomic E-state index is 11.7. The van der Waals surface area contributed by atoms with Gasteiger partial charge in [0.05, 0.1) is 6.20 Å². The van der Waals surface area contributed by atoms with Crippen LogP contribution in [0, 0.1) is 6.92 Å². The largest absolute Gasteiger partial charge is 0.439 e. The van der Waals surface area contributed by atoms with E-state index in [9.17, 15) is 4.79 Å². The molecule has 2 aromatic rings. The number of nitrogens with zero attached hydrogens (tertiary/aromatic N) is 2. The lowest BCUT2D eigenvalue weighted by molar-refractivity contribution is 0.0960. The molecule has 88 valence electrons. The second-order valence-corrected chi connectivity index (χ2v) is 4.28. The van der Waals surface area contributed by atoms with Crippen molar-refractivity contribution in [1.82, 2.24) is 15.0 Å². The van der Waals surface area contributed by atoms with Crippen molar-refractivity contribution in [3.05, 3.63) is 23.3 Å². The van der Waals surface area contributed by atoms with Gasteiger partial charge in [0.2, 0.25) is 0 Å². The van der Waals surface area contributed by atoms with Gasteiger partial charge in [-0.3, -0.25) is 4.79 Å². The third kappa shape index (κ3) is 1.66. The van der Waals surface area contributed by atoms with Gasteiger partial charge in [0.15, 0.2) is 11.6 Å². The van der Waals surface area contributed by atoms with E-state index in [1.165, 1.54) is 0 Å². The van der Waals surface area contributed by atoms with E-state index in [2.05, 4.69) is 15.0 Å². The highest BCUT2D eigenvalue weighted by Gasteiger charge is 2.27. The highest BCUT2D eigenvalue weighted by atomic mass is 16.4. The fraction of sp³-hybridized carbons (Fsp3) is 0.364. The Bertz CT molecular complexity index is 584. The number of rotatable bonds is 1. The molecule has 3 rings (SSSR count). The Morgan fingerprint density at radius 3 is 3.06 bits per heavy atom. The molecule has 1 unspecified atom stereocenters. The van der Waals surface area contributed by atoms with Crippen molar-refractivity contribution in [2.24, 2.45) is 5.73 Å². The number of nitrogens with two attached hydrogens (primary N) is 1. The Balaban J connectivity index is 2.05. The van der Waals surface area contributed by atoms with E-state index < -0.39 is 0 Å². The van der Waals surface area contributed by atoms with Crippen LogP contribution in [0.3, 0.4) is 0 Å². The number of imidazole rings is 1. The Kier molecular flexibility index (Phi) is 2.12. The average molecular weight is 232 g/mol. The minimum absolute atomic E-state index is 0.0236. The number of hydrogen-bond acceptors (Lipinski definition) is 5. The molecule has 0 saturated carbocycles. The SMILES string of the molecule is Cc1cnc(-c2nc3c([nH]2)CC(N)CC3=O)o1. The summed E-state index contributed by atoms with van der Waals surface area (Å²) in [5.41, 5.74) is 7.03. The fourth-order valence-corrected chi connectivity index (χ4v) is 2.02. The number of H-pyrrole nitrogens is 1. The molecule has 0 aliphatic heterocycles. The van der Waals surface area contributed by atoms with Crippen LogP contribution in [0.4, 0.5) is 0 Å². The van der Waals surface area contributed by atoms with Gasteiger partial charge in [-0.2, -0.15) is 0 Å². The maximum Gasteiger partial charge on any atom is 0.263 e. The number of nitrogens with one attached hydrogen (secondary N) is 1. The standard InChI is InChI=1S/C11H12N4O2/c1-5-4-13-11(17-5)10-14-7-2-6(12)3-8(16)9(7)15-10/h4,6H,2-3,12H2,1H3,(H,14,15). The van der Waals surface area contributed by atoms with Crippen molar-refractivity contribution >= 4 is 5.78 Å². The first-order valence-electron chi connectivity index (χ1n) is 5.44. The fourth-order valence-electron chi connectivity index (χ4n) is 2.02. The number of oxazole rings is 1.